The van der Waals surface area contributed by atoms with Crippen molar-refractivity contribution in [3.8, 4) is 5.69 Å². The maximum Gasteiger partial charge on any atom is 0.409 e. The van der Waals surface area contributed by atoms with E-state index < -0.39 is 0 Å². The van der Waals surface area contributed by atoms with Crippen LogP contribution < -0.4 is 5.56 Å². The number of hydrogen-bond donors (Lipinski definition) is 0. The maximum atomic E-state index is 13.2. The molecule has 0 atom stereocenters. The Morgan fingerprint density at radius 1 is 1.11 bits per heavy atom. The van der Waals surface area contributed by atoms with E-state index in [9.17, 15) is 9.59 Å². The van der Waals surface area contributed by atoms with Crippen LogP contribution in [0.25, 0.3) is 16.6 Å². The minimum Gasteiger partial charge on any atom is -0.448 e. The van der Waals surface area contributed by atoms with Crippen molar-refractivity contribution in [1.29, 1.82) is 0 Å². The van der Waals surface area contributed by atoms with Gasteiger partial charge in [0.1, 0.15) is 6.61 Å². The van der Waals surface area contributed by atoms with Crippen molar-refractivity contribution in [2.75, 3.05) is 25.4 Å². The van der Waals surface area contributed by atoms with Gasteiger partial charge in [-0.25, -0.2) is 9.78 Å². The summed E-state index contributed by atoms with van der Waals surface area (Å²) in [5.74, 6) is 0.571. The molecule has 1 saturated heterocycles. The highest BCUT2D eigenvalue weighted by Crippen LogP contribution is 2.27. The lowest BCUT2D eigenvalue weighted by Gasteiger charge is -2.15. The molecule has 28 heavy (non-hydrogen) atoms. The van der Waals surface area contributed by atoms with Gasteiger partial charge in [-0.05, 0) is 30.3 Å². The Labute approximate surface area is 175 Å². The van der Waals surface area contributed by atoms with Crippen molar-refractivity contribution < 1.29 is 9.53 Å². The number of carbonyl (C=O) groups excluding carboxylic acids is 1. The van der Waals surface area contributed by atoms with Crippen molar-refractivity contribution in [2.24, 2.45) is 0 Å². The molecule has 3 aromatic rings. The Balaban J connectivity index is 1.73. The van der Waals surface area contributed by atoms with Crippen LogP contribution >= 0.6 is 35.0 Å². The van der Waals surface area contributed by atoms with Crippen LogP contribution in [-0.2, 0) is 4.74 Å². The van der Waals surface area contributed by atoms with E-state index >= 15 is 0 Å². The SMILES string of the molecule is O=C1OCCN1CCSc1nc2ccccc2c(=O)n1-c1ccc(Cl)c(Cl)c1. The molecular formula is C19H15Cl2N3O3S. The predicted octanol–water partition coefficient (Wildman–Crippen LogP) is 4.24. The standard InChI is InChI=1S/C19H15Cl2N3O3S/c20-14-6-5-12(11-15(14)21)24-17(25)13-3-1-2-4-16(13)22-18(24)28-10-8-23-7-9-27-19(23)26/h1-6,11H,7-10H2. The van der Waals surface area contributed by atoms with E-state index in [0.29, 0.717) is 57.2 Å². The predicted molar refractivity (Wildman–Crippen MR) is 111 cm³/mol. The Bertz CT molecular complexity index is 1120. The number of cyclic esters (lactones) is 1. The van der Waals surface area contributed by atoms with E-state index in [1.807, 2.05) is 6.07 Å². The van der Waals surface area contributed by atoms with Gasteiger partial charge in [-0.2, -0.15) is 0 Å². The largest absolute Gasteiger partial charge is 0.448 e. The number of amides is 1. The quantitative estimate of drug-likeness (QED) is 0.442. The van der Waals surface area contributed by atoms with Gasteiger partial charge in [0.2, 0.25) is 0 Å². The number of aromatic nitrogens is 2. The molecule has 2 aromatic carbocycles. The zero-order valence-electron chi connectivity index (χ0n) is 14.6. The highest BCUT2D eigenvalue weighted by Gasteiger charge is 2.22. The molecule has 144 valence electrons. The third-order valence-electron chi connectivity index (χ3n) is 4.34. The van der Waals surface area contributed by atoms with Crippen molar-refractivity contribution in [3.05, 3.63) is 62.9 Å². The number of benzene rings is 2. The first-order valence-electron chi connectivity index (χ1n) is 8.56. The summed E-state index contributed by atoms with van der Waals surface area (Å²) in [6, 6.07) is 12.2. The van der Waals surface area contributed by atoms with Crippen LogP contribution in [-0.4, -0.2) is 46.0 Å². The van der Waals surface area contributed by atoms with Crippen molar-refractivity contribution in [1.82, 2.24) is 14.5 Å². The average molecular weight is 436 g/mol. The Morgan fingerprint density at radius 3 is 2.68 bits per heavy atom. The molecule has 4 rings (SSSR count). The normalized spacial score (nSPS) is 13.9. The zero-order chi connectivity index (χ0) is 19.7. The molecule has 0 saturated carbocycles. The van der Waals surface area contributed by atoms with E-state index in [-0.39, 0.29) is 11.7 Å². The summed E-state index contributed by atoms with van der Waals surface area (Å²) in [6.07, 6.45) is -0.311. The molecule has 1 aromatic heterocycles. The molecule has 6 nitrogen and oxygen atoms in total. The molecule has 0 unspecified atom stereocenters. The number of fused-ring (bicyclic) bond motifs is 1. The third kappa shape index (κ3) is 3.70. The fraction of sp³-hybridized carbons (Fsp3) is 0.211. The van der Waals surface area contributed by atoms with Gasteiger partial charge in [-0.3, -0.25) is 9.36 Å². The highest BCUT2D eigenvalue weighted by atomic mass is 35.5. The van der Waals surface area contributed by atoms with Crippen molar-refractivity contribution in [3.63, 3.8) is 0 Å². The van der Waals surface area contributed by atoms with E-state index in [0.717, 1.165) is 0 Å². The monoisotopic (exact) mass is 435 g/mol. The summed E-state index contributed by atoms with van der Waals surface area (Å²) in [5.41, 5.74) is 1.01. The Hall–Kier alpha value is -2.22. The number of nitrogens with zero attached hydrogens (tertiary/aromatic N) is 3. The van der Waals surface area contributed by atoms with Crippen LogP contribution in [0, 0.1) is 0 Å². The van der Waals surface area contributed by atoms with Crippen LogP contribution in [0.3, 0.4) is 0 Å². The number of ether oxygens (including phenoxy) is 1. The lowest BCUT2D eigenvalue weighted by molar-refractivity contribution is 0.160. The fourth-order valence-electron chi connectivity index (χ4n) is 2.94. The molecule has 1 aliphatic rings. The molecule has 9 heteroatoms. The van der Waals surface area contributed by atoms with E-state index in [1.54, 1.807) is 41.3 Å². The van der Waals surface area contributed by atoms with Crippen LogP contribution in [0.15, 0.2) is 52.4 Å². The van der Waals surface area contributed by atoms with Gasteiger partial charge in [-0.15, -0.1) is 0 Å². The van der Waals surface area contributed by atoms with Gasteiger partial charge in [-0.1, -0.05) is 47.1 Å². The summed E-state index contributed by atoms with van der Waals surface area (Å²) < 4.78 is 6.47. The molecule has 1 amide bonds. The van der Waals surface area contributed by atoms with Gasteiger partial charge in [0.25, 0.3) is 5.56 Å². The number of thioether (sulfide) groups is 1. The van der Waals surface area contributed by atoms with Crippen LogP contribution in [0.4, 0.5) is 4.79 Å². The average Bonchev–Trinajstić information content (AvgIpc) is 3.09. The molecule has 0 aliphatic carbocycles. The molecule has 0 N–H and O–H groups in total. The van der Waals surface area contributed by atoms with Gasteiger partial charge in [0, 0.05) is 12.3 Å². The van der Waals surface area contributed by atoms with Gasteiger partial charge < -0.3 is 9.64 Å². The minimum absolute atomic E-state index is 0.188. The first-order chi connectivity index (χ1) is 13.5. The number of halogens is 2. The molecule has 0 spiro atoms. The second kappa shape index (κ2) is 8.03. The molecule has 2 heterocycles. The van der Waals surface area contributed by atoms with Crippen LogP contribution in [0.1, 0.15) is 0 Å². The van der Waals surface area contributed by atoms with Crippen molar-refractivity contribution in [2.45, 2.75) is 5.16 Å². The van der Waals surface area contributed by atoms with Crippen LogP contribution in [0.5, 0.6) is 0 Å². The first-order valence-corrected chi connectivity index (χ1v) is 10.3. The van der Waals surface area contributed by atoms with Gasteiger partial charge in [0.15, 0.2) is 5.16 Å². The topological polar surface area (TPSA) is 64.4 Å². The minimum atomic E-state index is -0.311. The first kappa shape index (κ1) is 19.1. The highest BCUT2D eigenvalue weighted by molar-refractivity contribution is 7.99. The summed E-state index contributed by atoms with van der Waals surface area (Å²) in [7, 11) is 0. The number of carbonyl (C=O) groups is 1. The van der Waals surface area contributed by atoms with E-state index in [2.05, 4.69) is 4.98 Å². The van der Waals surface area contributed by atoms with Crippen molar-refractivity contribution >= 4 is 52.0 Å². The Kier molecular flexibility index (Phi) is 5.48. The summed E-state index contributed by atoms with van der Waals surface area (Å²) in [5, 5.41) is 1.81. The summed E-state index contributed by atoms with van der Waals surface area (Å²) >= 11 is 13.6. The Morgan fingerprint density at radius 2 is 1.93 bits per heavy atom. The molecule has 1 fully saturated rings. The summed E-state index contributed by atoms with van der Waals surface area (Å²) in [6.45, 7) is 1.49. The molecule has 1 aliphatic heterocycles. The maximum absolute atomic E-state index is 13.2. The fourth-order valence-corrected chi connectivity index (χ4v) is 4.20. The molecule has 0 bridgehead atoms. The van der Waals surface area contributed by atoms with E-state index in [1.165, 1.54) is 16.3 Å². The third-order valence-corrected chi connectivity index (χ3v) is 6.00. The number of para-hydroxylation sites is 1. The van der Waals surface area contributed by atoms with E-state index in [4.69, 9.17) is 27.9 Å². The number of hydrogen-bond acceptors (Lipinski definition) is 5. The smallest absolute Gasteiger partial charge is 0.409 e. The van der Waals surface area contributed by atoms with Gasteiger partial charge >= 0.3 is 6.09 Å². The second-order valence-corrected chi connectivity index (χ2v) is 7.98. The van der Waals surface area contributed by atoms with Crippen LogP contribution in [0.2, 0.25) is 10.0 Å². The lowest BCUT2D eigenvalue weighted by Crippen LogP contribution is -2.27. The van der Waals surface area contributed by atoms with Gasteiger partial charge in [0.05, 0.1) is 33.2 Å². The lowest BCUT2D eigenvalue weighted by atomic mass is 10.2. The summed E-state index contributed by atoms with van der Waals surface area (Å²) in [4.78, 5) is 31.1. The zero-order valence-corrected chi connectivity index (χ0v) is 16.9. The molecule has 0 radical (unpaired) electrons. The number of rotatable bonds is 5. The second-order valence-electron chi connectivity index (χ2n) is 6.10. The molecular weight excluding hydrogens is 421 g/mol.